The van der Waals surface area contributed by atoms with Crippen LogP contribution in [0.25, 0.3) is 11.2 Å². The average Bonchev–Trinajstić information content (AvgIpc) is 3.20. The molecular formula is C21H29N6O5P. The number of rotatable bonds is 12. The number of hydrogen-bond acceptors (Lipinski definition) is 9. The first-order valence-corrected chi connectivity index (χ1v) is 12.4. The Morgan fingerprint density at radius 3 is 2.70 bits per heavy atom. The van der Waals surface area contributed by atoms with Crippen LogP contribution in [0.15, 0.2) is 43.0 Å². The second-order valence-electron chi connectivity index (χ2n) is 7.53. The zero-order valence-electron chi connectivity index (χ0n) is 18.9. The molecule has 3 aromatic rings. The number of nitrogens with one attached hydrogen (secondary N) is 1. The first kappa shape index (κ1) is 24.6. The van der Waals surface area contributed by atoms with Crippen LogP contribution in [0, 0.1) is 0 Å². The lowest BCUT2D eigenvalue weighted by Crippen LogP contribution is -2.36. The topological polar surface area (TPSA) is 143 Å². The predicted octanol–water partition coefficient (Wildman–Crippen LogP) is 2.97. The summed E-state index contributed by atoms with van der Waals surface area (Å²) >= 11 is 0. The highest BCUT2D eigenvalue weighted by atomic mass is 31.2. The number of para-hydroxylation sites is 1. The fourth-order valence-corrected chi connectivity index (χ4v) is 4.79. The summed E-state index contributed by atoms with van der Waals surface area (Å²) in [6.07, 6.45) is 3.01. The number of carbonyl (C=O) groups is 1. The number of anilines is 1. The first-order chi connectivity index (χ1) is 15.8. The normalized spacial score (nSPS) is 15.0. The van der Waals surface area contributed by atoms with Crippen molar-refractivity contribution in [1.29, 1.82) is 0 Å². The molecule has 0 unspecified atom stereocenters. The number of esters is 1. The van der Waals surface area contributed by atoms with Crippen LogP contribution in [0.1, 0.15) is 27.2 Å². The van der Waals surface area contributed by atoms with Crippen molar-refractivity contribution in [2.75, 3.05) is 18.7 Å². The van der Waals surface area contributed by atoms with Crippen LogP contribution >= 0.6 is 7.52 Å². The molecule has 0 spiro atoms. The van der Waals surface area contributed by atoms with Gasteiger partial charge in [-0.15, -0.1) is 0 Å². The summed E-state index contributed by atoms with van der Waals surface area (Å²) in [4.78, 5) is 24.6. The number of benzene rings is 1. The molecule has 0 radical (unpaired) electrons. The van der Waals surface area contributed by atoms with Gasteiger partial charge in [0.1, 0.15) is 30.0 Å². The van der Waals surface area contributed by atoms with E-state index in [1.165, 1.54) is 6.33 Å². The van der Waals surface area contributed by atoms with E-state index in [0.29, 0.717) is 35.7 Å². The van der Waals surface area contributed by atoms with Gasteiger partial charge in [0.2, 0.25) is 0 Å². The third-order valence-corrected chi connectivity index (χ3v) is 6.38. The van der Waals surface area contributed by atoms with Gasteiger partial charge in [-0.3, -0.25) is 9.36 Å². The Balaban J connectivity index is 1.68. The minimum Gasteiger partial charge on any atom is -0.465 e. The van der Waals surface area contributed by atoms with Crippen LogP contribution in [0.2, 0.25) is 0 Å². The van der Waals surface area contributed by atoms with Gasteiger partial charge in [0.25, 0.3) is 0 Å². The molecule has 178 valence electrons. The Kier molecular flexibility index (Phi) is 8.37. The monoisotopic (exact) mass is 476 g/mol. The summed E-state index contributed by atoms with van der Waals surface area (Å²) < 4.78 is 32.2. The van der Waals surface area contributed by atoms with Gasteiger partial charge >= 0.3 is 13.5 Å². The smallest absolute Gasteiger partial charge is 0.342 e. The lowest BCUT2D eigenvalue weighted by Gasteiger charge is -2.25. The van der Waals surface area contributed by atoms with E-state index < -0.39 is 19.5 Å². The van der Waals surface area contributed by atoms with Crippen molar-refractivity contribution < 1.29 is 23.4 Å². The second-order valence-corrected chi connectivity index (χ2v) is 9.58. The van der Waals surface area contributed by atoms with Crippen molar-refractivity contribution in [3.63, 3.8) is 0 Å². The predicted molar refractivity (Wildman–Crippen MR) is 124 cm³/mol. The van der Waals surface area contributed by atoms with Crippen LogP contribution in [0.4, 0.5) is 5.82 Å². The lowest BCUT2D eigenvalue weighted by molar-refractivity contribution is -0.145. The maximum Gasteiger partial charge on any atom is 0.342 e. The van der Waals surface area contributed by atoms with E-state index in [1.54, 1.807) is 42.1 Å². The van der Waals surface area contributed by atoms with Crippen LogP contribution in [0.3, 0.4) is 0 Å². The quantitative estimate of drug-likeness (QED) is 0.296. The molecule has 0 saturated heterocycles. The van der Waals surface area contributed by atoms with Crippen LogP contribution in [0.5, 0.6) is 5.75 Å². The molecule has 0 aliphatic heterocycles. The molecule has 0 amide bonds. The van der Waals surface area contributed by atoms with Crippen molar-refractivity contribution in [2.24, 2.45) is 0 Å². The Bertz CT molecular complexity index is 1110. The van der Waals surface area contributed by atoms with E-state index in [1.807, 2.05) is 19.9 Å². The van der Waals surface area contributed by atoms with Crippen LogP contribution < -0.4 is 15.3 Å². The molecule has 2 heterocycles. The van der Waals surface area contributed by atoms with Gasteiger partial charge in [0.05, 0.1) is 25.6 Å². The molecule has 0 fully saturated rings. The first-order valence-electron chi connectivity index (χ1n) is 10.6. The van der Waals surface area contributed by atoms with E-state index in [9.17, 15) is 9.36 Å². The molecule has 12 heteroatoms. The fourth-order valence-electron chi connectivity index (χ4n) is 3.00. The molecule has 11 nitrogen and oxygen atoms in total. The number of nitrogen functional groups attached to an aromatic ring is 1. The number of fused-ring (bicyclic) bond motifs is 1. The summed E-state index contributed by atoms with van der Waals surface area (Å²) in [6, 6.07) is 7.86. The molecule has 0 saturated carbocycles. The lowest BCUT2D eigenvalue weighted by atomic mass is 10.3. The van der Waals surface area contributed by atoms with Gasteiger partial charge in [-0.05, 0) is 32.4 Å². The van der Waals surface area contributed by atoms with Crippen molar-refractivity contribution in [3.8, 4) is 5.75 Å². The van der Waals surface area contributed by atoms with Gasteiger partial charge < -0.3 is 24.3 Å². The zero-order chi connectivity index (χ0) is 23.8. The number of nitrogens with zero attached hydrogens (tertiary/aromatic N) is 4. The number of imidazole rings is 1. The zero-order valence-corrected chi connectivity index (χ0v) is 19.8. The van der Waals surface area contributed by atoms with Crippen molar-refractivity contribution in [3.05, 3.63) is 43.0 Å². The van der Waals surface area contributed by atoms with E-state index >= 15 is 0 Å². The molecule has 0 aliphatic rings. The highest BCUT2D eigenvalue weighted by Gasteiger charge is 2.31. The van der Waals surface area contributed by atoms with Gasteiger partial charge in [-0.25, -0.2) is 20.0 Å². The Labute approximate surface area is 192 Å². The molecule has 2 aromatic heterocycles. The van der Waals surface area contributed by atoms with Crippen molar-refractivity contribution in [2.45, 2.75) is 45.9 Å². The summed E-state index contributed by atoms with van der Waals surface area (Å²) in [5.74, 6) is 0.177. The Morgan fingerprint density at radius 2 is 1.97 bits per heavy atom. The highest BCUT2D eigenvalue weighted by Crippen LogP contribution is 2.44. The number of ether oxygens (including phenoxy) is 2. The standard InChI is InChI=1S/C21H29N6O5P/c1-4-10-30-21(28)16(3)26-33(29,32-17-8-6-5-7-9-17)14-31-15(2)11-27-13-25-18-19(22)23-12-24-20(18)27/h5-9,12-13,15-16H,4,10-11,14H2,1-3H3,(H,26,29)(H2,22,23,24)/t15-,16+,33+/m1/s1. The number of carbonyl (C=O) groups excluding carboxylic acids is 1. The van der Waals surface area contributed by atoms with Crippen molar-refractivity contribution in [1.82, 2.24) is 24.6 Å². The molecule has 3 N–H and O–H groups in total. The van der Waals surface area contributed by atoms with E-state index in [0.717, 1.165) is 0 Å². The maximum atomic E-state index is 13.6. The van der Waals surface area contributed by atoms with Gasteiger partial charge in [-0.2, -0.15) is 0 Å². The summed E-state index contributed by atoms with van der Waals surface area (Å²) in [7, 11) is -3.63. The summed E-state index contributed by atoms with van der Waals surface area (Å²) in [5, 5.41) is 2.78. The van der Waals surface area contributed by atoms with Gasteiger partial charge in [-0.1, -0.05) is 25.1 Å². The van der Waals surface area contributed by atoms with E-state index in [2.05, 4.69) is 20.0 Å². The maximum absolute atomic E-state index is 13.6. The van der Waals surface area contributed by atoms with E-state index in [-0.39, 0.29) is 19.1 Å². The Morgan fingerprint density at radius 1 is 1.21 bits per heavy atom. The third-order valence-electron chi connectivity index (χ3n) is 4.60. The second kappa shape index (κ2) is 11.2. The van der Waals surface area contributed by atoms with Crippen LogP contribution in [-0.2, 0) is 25.4 Å². The third kappa shape index (κ3) is 6.74. The highest BCUT2D eigenvalue weighted by molar-refractivity contribution is 7.57. The molecule has 3 rings (SSSR count). The average molecular weight is 476 g/mol. The fraction of sp³-hybridized carbons (Fsp3) is 0.429. The SMILES string of the molecule is CCCOC(=O)[C@H](C)N[P@](=O)(CO[C@H](C)Cn1cnc2c(N)ncnc21)Oc1ccccc1. The molecular weight excluding hydrogens is 447 g/mol. The van der Waals surface area contributed by atoms with Gasteiger partial charge in [0, 0.05) is 0 Å². The molecule has 3 atom stereocenters. The molecule has 0 bridgehead atoms. The van der Waals surface area contributed by atoms with E-state index in [4.69, 9.17) is 19.7 Å². The Hall–Kier alpha value is -3.01. The number of aromatic nitrogens is 4. The van der Waals surface area contributed by atoms with Gasteiger partial charge in [0.15, 0.2) is 11.5 Å². The minimum absolute atomic E-state index is 0.266. The molecule has 33 heavy (non-hydrogen) atoms. The minimum atomic E-state index is -3.63. The summed E-state index contributed by atoms with van der Waals surface area (Å²) in [6.45, 7) is 5.96. The molecule has 1 aromatic carbocycles. The van der Waals surface area contributed by atoms with Crippen molar-refractivity contribution >= 4 is 30.5 Å². The number of nitrogens with two attached hydrogens (primary N) is 1. The molecule has 0 aliphatic carbocycles. The largest absolute Gasteiger partial charge is 0.465 e. The number of hydrogen-bond donors (Lipinski definition) is 2. The van der Waals surface area contributed by atoms with Crippen LogP contribution in [-0.4, -0.2) is 50.6 Å². The summed E-state index contributed by atoms with van der Waals surface area (Å²) in [5.41, 5.74) is 6.91.